The van der Waals surface area contributed by atoms with E-state index in [-0.39, 0.29) is 5.91 Å². The van der Waals surface area contributed by atoms with Crippen molar-refractivity contribution in [3.63, 3.8) is 0 Å². The minimum atomic E-state index is -0.0939. The topological polar surface area (TPSA) is 29.1 Å². The molecule has 1 atom stereocenters. The Morgan fingerprint density at radius 1 is 1.47 bits per heavy atom. The molecule has 0 bridgehead atoms. The van der Waals surface area contributed by atoms with E-state index in [0.29, 0.717) is 23.0 Å². The summed E-state index contributed by atoms with van der Waals surface area (Å²) >= 11 is 9.38. The normalized spacial score (nSPS) is 12.2. The van der Waals surface area contributed by atoms with Crippen LogP contribution >= 0.6 is 27.5 Å². The van der Waals surface area contributed by atoms with Gasteiger partial charge in [0, 0.05) is 11.9 Å². The Hall–Kier alpha value is -0.540. The van der Waals surface area contributed by atoms with Crippen molar-refractivity contribution in [2.24, 2.45) is 5.92 Å². The highest BCUT2D eigenvalue weighted by molar-refractivity contribution is 9.09. The summed E-state index contributed by atoms with van der Waals surface area (Å²) in [6.45, 7) is 2.83. The summed E-state index contributed by atoms with van der Waals surface area (Å²) in [5.41, 5.74) is 0.544. The fourth-order valence-corrected chi connectivity index (χ4v) is 2.45. The Kier molecular flexibility index (Phi) is 6.60. The zero-order valence-corrected chi connectivity index (χ0v) is 12.2. The molecule has 2 nitrogen and oxygen atoms in total. The number of halogens is 2. The van der Waals surface area contributed by atoms with E-state index in [4.69, 9.17) is 11.6 Å². The van der Waals surface area contributed by atoms with Crippen LogP contribution in [0.4, 0.5) is 0 Å². The Morgan fingerprint density at radius 3 is 2.76 bits per heavy atom. The molecule has 0 saturated heterocycles. The minimum Gasteiger partial charge on any atom is -0.352 e. The van der Waals surface area contributed by atoms with Gasteiger partial charge in [-0.25, -0.2) is 0 Å². The lowest BCUT2D eigenvalue weighted by Gasteiger charge is -2.14. The standard InChI is InChI=1S/C13H17BrClNO/c1-2-10(7-8-14)9-16-13(17)11-5-3-4-6-12(11)15/h3-6,10H,2,7-9H2,1H3,(H,16,17). The summed E-state index contributed by atoms with van der Waals surface area (Å²) < 4.78 is 0. The predicted molar refractivity (Wildman–Crippen MR) is 76.0 cm³/mol. The van der Waals surface area contributed by atoms with Crippen LogP contribution in [0.15, 0.2) is 24.3 Å². The summed E-state index contributed by atoms with van der Waals surface area (Å²) in [4.78, 5) is 11.9. The molecule has 4 heteroatoms. The molecule has 1 N–H and O–H groups in total. The van der Waals surface area contributed by atoms with E-state index in [1.165, 1.54) is 0 Å². The van der Waals surface area contributed by atoms with Gasteiger partial charge in [-0.1, -0.05) is 53.0 Å². The Balaban J connectivity index is 2.52. The van der Waals surface area contributed by atoms with Crippen molar-refractivity contribution < 1.29 is 4.79 Å². The number of hydrogen-bond acceptors (Lipinski definition) is 1. The molecule has 0 aromatic heterocycles. The third kappa shape index (κ3) is 4.68. The molecule has 0 aliphatic carbocycles. The Labute approximate surface area is 116 Å². The van der Waals surface area contributed by atoms with Crippen molar-refractivity contribution in [2.75, 3.05) is 11.9 Å². The molecule has 17 heavy (non-hydrogen) atoms. The van der Waals surface area contributed by atoms with Gasteiger partial charge in [0.1, 0.15) is 0 Å². The number of carbonyl (C=O) groups excluding carboxylic acids is 1. The van der Waals surface area contributed by atoms with E-state index < -0.39 is 0 Å². The molecule has 1 amide bonds. The van der Waals surface area contributed by atoms with Gasteiger partial charge in [-0.15, -0.1) is 0 Å². The predicted octanol–water partition coefficient (Wildman–Crippen LogP) is 3.88. The summed E-state index contributed by atoms with van der Waals surface area (Å²) in [6.07, 6.45) is 2.13. The van der Waals surface area contributed by atoms with E-state index in [2.05, 4.69) is 28.2 Å². The lowest BCUT2D eigenvalue weighted by atomic mass is 10.0. The van der Waals surface area contributed by atoms with Crippen molar-refractivity contribution in [2.45, 2.75) is 19.8 Å². The molecule has 0 heterocycles. The molecule has 0 saturated carbocycles. The van der Waals surface area contributed by atoms with Gasteiger partial charge in [-0.3, -0.25) is 4.79 Å². The molecule has 1 aromatic rings. The highest BCUT2D eigenvalue weighted by atomic mass is 79.9. The van der Waals surface area contributed by atoms with Gasteiger partial charge in [-0.05, 0) is 24.5 Å². The largest absolute Gasteiger partial charge is 0.352 e. The summed E-state index contributed by atoms with van der Waals surface area (Å²) in [6, 6.07) is 7.10. The molecule has 1 rings (SSSR count). The highest BCUT2D eigenvalue weighted by Crippen LogP contribution is 2.15. The number of hydrogen-bond donors (Lipinski definition) is 1. The second-order valence-electron chi connectivity index (χ2n) is 3.94. The lowest BCUT2D eigenvalue weighted by Crippen LogP contribution is -2.29. The van der Waals surface area contributed by atoms with Crippen LogP contribution in [0.1, 0.15) is 30.1 Å². The second-order valence-corrected chi connectivity index (χ2v) is 5.14. The molecule has 0 fully saturated rings. The van der Waals surface area contributed by atoms with E-state index in [9.17, 15) is 4.79 Å². The summed E-state index contributed by atoms with van der Waals surface area (Å²) in [7, 11) is 0. The van der Waals surface area contributed by atoms with Crippen LogP contribution in [-0.4, -0.2) is 17.8 Å². The van der Waals surface area contributed by atoms with Crippen LogP contribution in [0.5, 0.6) is 0 Å². The van der Waals surface area contributed by atoms with Gasteiger partial charge in [0.05, 0.1) is 10.6 Å². The fourth-order valence-electron chi connectivity index (χ4n) is 1.58. The maximum absolute atomic E-state index is 11.9. The van der Waals surface area contributed by atoms with Gasteiger partial charge in [0.2, 0.25) is 0 Å². The summed E-state index contributed by atoms with van der Waals surface area (Å²) in [5, 5.41) is 4.40. The number of amides is 1. The third-order valence-electron chi connectivity index (χ3n) is 2.76. The van der Waals surface area contributed by atoms with Crippen LogP contribution in [0.25, 0.3) is 0 Å². The smallest absolute Gasteiger partial charge is 0.252 e. The van der Waals surface area contributed by atoms with E-state index >= 15 is 0 Å². The van der Waals surface area contributed by atoms with Crippen molar-refractivity contribution in [3.8, 4) is 0 Å². The number of benzene rings is 1. The van der Waals surface area contributed by atoms with Gasteiger partial charge in [0.15, 0.2) is 0 Å². The summed E-state index contributed by atoms with van der Waals surface area (Å²) in [5.74, 6) is 0.421. The van der Waals surface area contributed by atoms with Crippen LogP contribution in [0.3, 0.4) is 0 Å². The zero-order valence-electron chi connectivity index (χ0n) is 9.88. The molecular weight excluding hydrogens is 302 g/mol. The van der Waals surface area contributed by atoms with Crippen LogP contribution in [0.2, 0.25) is 5.02 Å². The zero-order chi connectivity index (χ0) is 12.7. The van der Waals surface area contributed by atoms with Gasteiger partial charge < -0.3 is 5.32 Å². The average Bonchev–Trinajstić information content (AvgIpc) is 2.34. The van der Waals surface area contributed by atoms with Gasteiger partial charge >= 0.3 is 0 Å². The van der Waals surface area contributed by atoms with Gasteiger partial charge in [-0.2, -0.15) is 0 Å². The Morgan fingerprint density at radius 2 is 2.18 bits per heavy atom. The number of rotatable bonds is 6. The molecule has 0 spiro atoms. The van der Waals surface area contributed by atoms with E-state index in [1.54, 1.807) is 12.1 Å². The molecule has 1 unspecified atom stereocenters. The fraction of sp³-hybridized carbons (Fsp3) is 0.462. The van der Waals surface area contributed by atoms with Crippen LogP contribution < -0.4 is 5.32 Å². The number of carbonyl (C=O) groups is 1. The molecule has 0 aliphatic rings. The number of nitrogens with one attached hydrogen (secondary N) is 1. The first-order valence-corrected chi connectivity index (χ1v) is 7.27. The van der Waals surface area contributed by atoms with Crippen LogP contribution in [-0.2, 0) is 0 Å². The first-order valence-electron chi connectivity index (χ1n) is 5.77. The maximum atomic E-state index is 11.9. The molecule has 1 aromatic carbocycles. The SMILES string of the molecule is CCC(CCBr)CNC(=O)c1ccccc1Cl. The molecule has 0 radical (unpaired) electrons. The number of alkyl halides is 1. The van der Waals surface area contributed by atoms with E-state index in [1.807, 2.05) is 12.1 Å². The first-order chi connectivity index (χ1) is 8.19. The van der Waals surface area contributed by atoms with Crippen molar-refractivity contribution in [1.82, 2.24) is 5.32 Å². The van der Waals surface area contributed by atoms with Gasteiger partial charge in [0.25, 0.3) is 5.91 Å². The highest BCUT2D eigenvalue weighted by Gasteiger charge is 2.11. The average molecular weight is 319 g/mol. The monoisotopic (exact) mass is 317 g/mol. The second kappa shape index (κ2) is 7.72. The van der Waals surface area contributed by atoms with E-state index in [0.717, 1.165) is 18.2 Å². The first kappa shape index (κ1) is 14.5. The molecule has 94 valence electrons. The Bertz CT molecular complexity index is 370. The van der Waals surface area contributed by atoms with Crippen LogP contribution in [0, 0.1) is 5.92 Å². The quantitative estimate of drug-likeness (QED) is 0.792. The minimum absolute atomic E-state index is 0.0939. The third-order valence-corrected chi connectivity index (χ3v) is 3.55. The molecular formula is C13H17BrClNO. The van der Waals surface area contributed by atoms with Crippen molar-refractivity contribution >= 4 is 33.4 Å². The molecule has 0 aliphatic heterocycles. The lowest BCUT2D eigenvalue weighted by molar-refractivity contribution is 0.0946. The van der Waals surface area contributed by atoms with Crippen molar-refractivity contribution in [1.29, 1.82) is 0 Å². The van der Waals surface area contributed by atoms with Crippen molar-refractivity contribution in [3.05, 3.63) is 34.9 Å². The maximum Gasteiger partial charge on any atom is 0.252 e.